The third-order valence-corrected chi connectivity index (χ3v) is 8.96. The van der Waals surface area contributed by atoms with Crippen LogP contribution in [0.15, 0.2) is 18.2 Å². The molecule has 3 fully saturated rings. The molecule has 228 valence electrons. The van der Waals surface area contributed by atoms with Crippen molar-refractivity contribution in [2.75, 3.05) is 45.9 Å². The summed E-state index contributed by atoms with van der Waals surface area (Å²) in [6.45, 7) is 13.7. The first-order chi connectivity index (χ1) is 19.4. The van der Waals surface area contributed by atoms with Crippen molar-refractivity contribution >= 4 is 29.3 Å². The molecular weight excluding hydrogens is 547 g/mol. The Balaban J connectivity index is 1.49. The zero-order chi connectivity index (χ0) is 29.9. The highest BCUT2D eigenvalue weighted by Gasteiger charge is 2.45. The van der Waals surface area contributed by atoms with E-state index in [9.17, 15) is 14.4 Å². The van der Waals surface area contributed by atoms with E-state index >= 15 is 4.39 Å². The normalized spacial score (nSPS) is 25.3. The summed E-state index contributed by atoms with van der Waals surface area (Å²) < 4.78 is 20.7. The van der Waals surface area contributed by atoms with Gasteiger partial charge in [0.2, 0.25) is 17.7 Å². The second kappa shape index (κ2) is 13.4. The van der Waals surface area contributed by atoms with Crippen LogP contribution < -0.4 is 5.32 Å². The minimum atomic E-state index is -0.600. The van der Waals surface area contributed by atoms with Crippen LogP contribution in [0.5, 0.6) is 0 Å². The molecule has 3 heterocycles. The third kappa shape index (κ3) is 7.79. The minimum Gasteiger partial charge on any atom is -0.381 e. The van der Waals surface area contributed by atoms with Crippen LogP contribution in [-0.2, 0) is 19.1 Å². The van der Waals surface area contributed by atoms with E-state index in [1.54, 1.807) is 24.0 Å². The highest BCUT2D eigenvalue weighted by atomic mass is 35.5. The number of nitrogens with one attached hydrogen (secondary N) is 1. The highest BCUT2D eigenvalue weighted by Crippen LogP contribution is 2.38. The molecule has 0 radical (unpaired) electrons. The van der Waals surface area contributed by atoms with Crippen LogP contribution >= 0.6 is 11.6 Å². The number of benzene rings is 1. The summed E-state index contributed by atoms with van der Waals surface area (Å²) in [6, 6.07) is 4.24. The number of likely N-dealkylation sites (tertiary alicyclic amines) is 1. The van der Waals surface area contributed by atoms with E-state index in [0.717, 1.165) is 12.8 Å². The second-order valence-corrected chi connectivity index (χ2v) is 13.5. The lowest BCUT2D eigenvalue weighted by Crippen LogP contribution is -2.60. The topological polar surface area (TPSA) is 82.2 Å². The van der Waals surface area contributed by atoms with Crippen molar-refractivity contribution in [3.05, 3.63) is 34.6 Å². The molecule has 1 aromatic rings. The zero-order valence-electron chi connectivity index (χ0n) is 25.1. The molecule has 1 aromatic carbocycles. The van der Waals surface area contributed by atoms with E-state index in [4.69, 9.17) is 16.3 Å². The van der Waals surface area contributed by atoms with E-state index in [0.29, 0.717) is 75.4 Å². The standard InChI is InChI=1S/C31H46ClFN4O4/c1-6-28(38)34-27(16-31(3,4)5)30(40)35-11-12-37(20(2)17-35)29(39)25-19-36(22-9-13-41-14-10-22)18-24(25)23-8-7-21(32)15-26(23)33/h7-8,15,20,22,24-25,27H,6,9-14,16-19H2,1-5H3,(H,34,38)/t20-,24-,25+,27-/m0/s1. The number of nitrogens with zero attached hydrogens (tertiary/aromatic N) is 3. The lowest BCUT2D eigenvalue weighted by Gasteiger charge is -2.43. The summed E-state index contributed by atoms with van der Waals surface area (Å²) >= 11 is 6.05. The van der Waals surface area contributed by atoms with Crippen LogP contribution in [0.4, 0.5) is 4.39 Å². The van der Waals surface area contributed by atoms with Gasteiger partial charge < -0.3 is 19.9 Å². The number of halogens is 2. The number of carbonyl (C=O) groups is 3. The number of piperazine rings is 1. The summed E-state index contributed by atoms with van der Waals surface area (Å²) in [4.78, 5) is 45.9. The van der Waals surface area contributed by atoms with Crippen molar-refractivity contribution in [1.29, 1.82) is 0 Å². The fourth-order valence-corrected chi connectivity index (χ4v) is 6.74. The van der Waals surface area contributed by atoms with Crippen LogP contribution in [-0.4, -0.2) is 96.5 Å². The minimum absolute atomic E-state index is 0.00374. The number of rotatable bonds is 7. The van der Waals surface area contributed by atoms with Gasteiger partial charge in [0, 0.05) is 75.4 Å². The molecular formula is C31H46ClFN4O4. The van der Waals surface area contributed by atoms with Gasteiger partial charge in [0.25, 0.3) is 0 Å². The van der Waals surface area contributed by atoms with Gasteiger partial charge in [-0.2, -0.15) is 0 Å². The largest absolute Gasteiger partial charge is 0.381 e. The average molecular weight is 593 g/mol. The van der Waals surface area contributed by atoms with E-state index in [1.807, 2.05) is 11.8 Å². The lowest BCUT2D eigenvalue weighted by molar-refractivity contribution is -0.147. The van der Waals surface area contributed by atoms with E-state index in [-0.39, 0.29) is 40.9 Å². The number of amides is 3. The van der Waals surface area contributed by atoms with Gasteiger partial charge in [0.05, 0.1) is 5.92 Å². The van der Waals surface area contributed by atoms with Gasteiger partial charge in [-0.15, -0.1) is 0 Å². The maximum absolute atomic E-state index is 15.2. The molecule has 8 nitrogen and oxygen atoms in total. The Morgan fingerprint density at radius 2 is 1.83 bits per heavy atom. The van der Waals surface area contributed by atoms with Gasteiger partial charge in [-0.3, -0.25) is 19.3 Å². The fraction of sp³-hybridized carbons (Fsp3) is 0.710. The molecule has 0 aromatic heterocycles. The average Bonchev–Trinajstić information content (AvgIpc) is 3.36. The van der Waals surface area contributed by atoms with E-state index in [2.05, 4.69) is 31.0 Å². The molecule has 10 heteroatoms. The molecule has 3 aliphatic heterocycles. The summed E-state index contributed by atoms with van der Waals surface area (Å²) in [6.07, 6.45) is 2.65. The van der Waals surface area contributed by atoms with Gasteiger partial charge in [-0.1, -0.05) is 45.4 Å². The summed E-state index contributed by atoms with van der Waals surface area (Å²) in [7, 11) is 0. The summed E-state index contributed by atoms with van der Waals surface area (Å²) in [5, 5.41) is 3.25. The predicted octanol–water partition coefficient (Wildman–Crippen LogP) is 4.06. The molecule has 4 atom stereocenters. The summed E-state index contributed by atoms with van der Waals surface area (Å²) in [5.74, 6) is -1.30. The Bertz CT molecular complexity index is 1110. The number of hydrogen-bond donors (Lipinski definition) is 1. The van der Waals surface area contributed by atoms with E-state index in [1.165, 1.54) is 6.07 Å². The van der Waals surface area contributed by atoms with Crippen molar-refractivity contribution in [1.82, 2.24) is 20.0 Å². The molecule has 4 rings (SSSR count). The maximum atomic E-state index is 15.2. The molecule has 0 spiro atoms. The van der Waals surface area contributed by atoms with Crippen LogP contribution in [0.1, 0.15) is 71.8 Å². The monoisotopic (exact) mass is 592 g/mol. The van der Waals surface area contributed by atoms with Crippen molar-refractivity contribution in [2.45, 2.75) is 84.3 Å². The Morgan fingerprint density at radius 3 is 2.44 bits per heavy atom. The Kier molecular flexibility index (Phi) is 10.3. The van der Waals surface area contributed by atoms with Crippen LogP contribution in [0.2, 0.25) is 5.02 Å². The van der Waals surface area contributed by atoms with Crippen LogP contribution in [0, 0.1) is 17.2 Å². The quantitative estimate of drug-likeness (QED) is 0.516. The Labute approximate surface area is 248 Å². The molecule has 0 unspecified atom stereocenters. The molecule has 3 amide bonds. The lowest BCUT2D eigenvalue weighted by atomic mass is 9.86. The van der Waals surface area contributed by atoms with Crippen LogP contribution in [0.25, 0.3) is 0 Å². The molecule has 0 saturated carbocycles. The van der Waals surface area contributed by atoms with Crippen molar-refractivity contribution in [3.8, 4) is 0 Å². The smallest absolute Gasteiger partial charge is 0.245 e. The van der Waals surface area contributed by atoms with Crippen LogP contribution in [0.3, 0.4) is 0 Å². The van der Waals surface area contributed by atoms with E-state index < -0.39 is 12.0 Å². The number of ether oxygens (including phenoxy) is 1. The second-order valence-electron chi connectivity index (χ2n) is 13.1. The molecule has 3 aliphatic rings. The van der Waals surface area contributed by atoms with Crippen molar-refractivity contribution in [3.63, 3.8) is 0 Å². The number of carbonyl (C=O) groups excluding carboxylic acids is 3. The molecule has 3 saturated heterocycles. The first-order valence-corrected chi connectivity index (χ1v) is 15.4. The molecule has 0 bridgehead atoms. The van der Waals surface area contributed by atoms with Gasteiger partial charge in [0.15, 0.2) is 0 Å². The molecule has 0 aliphatic carbocycles. The number of hydrogen-bond acceptors (Lipinski definition) is 5. The van der Waals surface area contributed by atoms with Gasteiger partial charge in [-0.05, 0) is 49.3 Å². The van der Waals surface area contributed by atoms with Gasteiger partial charge >= 0.3 is 0 Å². The summed E-state index contributed by atoms with van der Waals surface area (Å²) in [5.41, 5.74) is 0.385. The third-order valence-electron chi connectivity index (χ3n) is 8.73. The van der Waals surface area contributed by atoms with Gasteiger partial charge in [-0.25, -0.2) is 4.39 Å². The highest BCUT2D eigenvalue weighted by molar-refractivity contribution is 6.30. The van der Waals surface area contributed by atoms with Crippen molar-refractivity contribution < 1.29 is 23.5 Å². The zero-order valence-corrected chi connectivity index (χ0v) is 25.9. The van der Waals surface area contributed by atoms with Gasteiger partial charge in [0.1, 0.15) is 11.9 Å². The maximum Gasteiger partial charge on any atom is 0.245 e. The predicted molar refractivity (Wildman–Crippen MR) is 157 cm³/mol. The first kappa shape index (κ1) is 31.7. The SMILES string of the molecule is CCC(=O)N[C@@H](CC(C)(C)C)C(=O)N1CCN(C(=O)[C@@H]2CN(C3CCOCC3)C[C@H]2c2ccc(Cl)cc2F)[C@@H](C)C1. The molecule has 41 heavy (non-hydrogen) atoms. The molecule has 1 N–H and O–H groups in total. The Hall–Kier alpha value is -2.23. The first-order valence-electron chi connectivity index (χ1n) is 15.0. The Morgan fingerprint density at radius 1 is 1.12 bits per heavy atom. The fourth-order valence-electron chi connectivity index (χ4n) is 6.58. The van der Waals surface area contributed by atoms with Crippen molar-refractivity contribution in [2.24, 2.45) is 11.3 Å².